The zero-order chi connectivity index (χ0) is 22.2. The first kappa shape index (κ1) is 23.3. The number of anilines is 1. The van der Waals surface area contributed by atoms with E-state index in [1.807, 2.05) is 42.2 Å². The third-order valence-electron chi connectivity index (χ3n) is 5.06. The van der Waals surface area contributed by atoms with Gasteiger partial charge in [0.1, 0.15) is 11.0 Å². The molecule has 166 valence electrons. The Hall–Kier alpha value is -2.32. The fourth-order valence-corrected chi connectivity index (χ4v) is 4.39. The molecule has 0 spiro atoms. The summed E-state index contributed by atoms with van der Waals surface area (Å²) in [5, 5.41) is 3.71. The van der Waals surface area contributed by atoms with Gasteiger partial charge in [-0.3, -0.25) is 9.59 Å². The Labute approximate surface area is 192 Å². The lowest BCUT2D eigenvalue weighted by molar-refractivity contribution is -0.133. The molecule has 0 saturated carbocycles. The van der Waals surface area contributed by atoms with Crippen LogP contribution in [0.25, 0.3) is 0 Å². The number of rotatable bonds is 8. The number of carbonyl (C=O) groups is 2. The number of hydrogen-bond donors (Lipinski definition) is 1. The number of aromatic nitrogens is 2. The molecule has 1 aliphatic rings. The van der Waals surface area contributed by atoms with Crippen LogP contribution < -0.4 is 10.2 Å². The SMILES string of the molecule is CCCC(=O)N1CCN(c2cc(Cl)nc(SCC(=O)NCc3ccccc3)n2)CC1C. The van der Waals surface area contributed by atoms with E-state index in [-0.39, 0.29) is 23.6 Å². The molecular weight excluding hydrogens is 434 g/mol. The minimum atomic E-state index is -0.0874. The molecule has 1 fully saturated rings. The van der Waals surface area contributed by atoms with Gasteiger partial charge in [0.25, 0.3) is 0 Å². The monoisotopic (exact) mass is 461 g/mol. The molecule has 1 unspecified atom stereocenters. The van der Waals surface area contributed by atoms with Crippen LogP contribution in [0.15, 0.2) is 41.6 Å². The van der Waals surface area contributed by atoms with Crippen molar-refractivity contribution in [1.82, 2.24) is 20.2 Å². The van der Waals surface area contributed by atoms with Gasteiger partial charge in [-0.25, -0.2) is 9.97 Å². The Morgan fingerprint density at radius 1 is 1.23 bits per heavy atom. The maximum Gasteiger partial charge on any atom is 0.230 e. The van der Waals surface area contributed by atoms with Gasteiger partial charge in [0.15, 0.2) is 5.16 Å². The molecular formula is C22H28ClN5O2S. The first-order valence-corrected chi connectivity index (χ1v) is 11.8. The van der Waals surface area contributed by atoms with Gasteiger partial charge in [-0.2, -0.15) is 0 Å². The summed E-state index contributed by atoms with van der Waals surface area (Å²) < 4.78 is 0. The van der Waals surface area contributed by atoms with Crippen LogP contribution in [0, 0.1) is 0 Å². The molecule has 1 aromatic heterocycles. The van der Waals surface area contributed by atoms with Gasteiger partial charge in [-0.05, 0) is 18.9 Å². The number of benzene rings is 1. The summed E-state index contributed by atoms with van der Waals surface area (Å²) in [5.74, 6) is 1.05. The largest absolute Gasteiger partial charge is 0.353 e. The van der Waals surface area contributed by atoms with Crippen molar-refractivity contribution in [3.8, 4) is 0 Å². The number of amides is 2. The highest BCUT2D eigenvalue weighted by molar-refractivity contribution is 7.99. The third kappa shape index (κ3) is 6.83. The molecule has 0 aliphatic carbocycles. The summed E-state index contributed by atoms with van der Waals surface area (Å²) in [5.41, 5.74) is 1.05. The smallest absolute Gasteiger partial charge is 0.230 e. The van der Waals surface area contributed by atoms with Gasteiger partial charge in [0.05, 0.1) is 5.75 Å². The van der Waals surface area contributed by atoms with E-state index < -0.39 is 0 Å². The van der Waals surface area contributed by atoms with Gasteiger partial charge >= 0.3 is 0 Å². The molecule has 3 rings (SSSR count). The molecule has 2 amide bonds. The molecule has 0 bridgehead atoms. The van der Waals surface area contributed by atoms with E-state index >= 15 is 0 Å². The molecule has 31 heavy (non-hydrogen) atoms. The van der Waals surface area contributed by atoms with Crippen molar-refractivity contribution < 1.29 is 9.59 Å². The van der Waals surface area contributed by atoms with Crippen LogP contribution in [-0.4, -0.2) is 58.1 Å². The standard InChI is InChI=1S/C22H28ClN5O2S/c1-3-7-21(30)28-11-10-27(14-16(28)2)19-12-18(23)25-22(26-19)31-15-20(29)24-13-17-8-5-4-6-9-17/h4-6,8-9,12,16H,3,7,10-11,13-15H2,1-2H3,(H,24,29). The zero-order valence-electron chi connectivity index (χ0n) is 17.9. The lowest BCUT2D eigenvalue weighted by Crippen LogP contribution is -2.54. The van der Waals surface area contributed by atoms with E-state index in [0.717, 1.165) is 17.8 Å². The first-order valence-electron chi connectivity index (χ1n) is 10.5. The van der Waals surface area contributed by atoms with Gasteiger partial charge in [-0.15, -0.1) is 0 Å². The molecule has 1 N–H and O–H groups in total. The fourth-order valence-electron chi connectivity index (χ4n) is 3.48. The van der Waals surface area contributed by atoms with Crippen LogP contribution in [0.3, 0.4) is 0 Å². The van der Waals surface area contributed by atoms with Crippen LogP contribution >= 0.6 is 23.4 Å². The van der Waals surface area contributed by atoms with E-state index in [1.165, 1.54) is 11.8 Å². The number of thioether (sulfide) groups is 1. The van der Waals surface area contributed by atoms with E-state index in [0.29, 0.717) is 42.9 Å². The predicted octanol–water partition coefficient (Wildman–Crippen LogP) is 3.38. The number of hydrogen-bond acceptors (Lipinski definition) is 6. The Kier molecular flexibility index (Phi) is 8.54. The molecule has 1 saturated heterocycles. The van der Waals surface area contributed by atoms with E-state index in [2.05, 4.69) is 27.1 Å². The summed E-state index contributed by atoms with van der Waals surface area (Å²) >= 11 is 7.49. The van der Waals surface area contributed by atoms with Gasteiger partial charge in [-0.1, -0.05) is 60.6 Å². The molecule has 1 aliphatic heterocycles. The number of halogens is 1. The van der Waals surface area contributed by atoms with E-state index in [4.69, 9.17) is 11.6 Å². The molecule has 0 radical (unpaired) electrons. The Morgan fingerprint density at radius 3 is 2.71 bits per heavy atom. The third-order valence-corrected chi connectivity index (χ3v) is 6.10. The number of piperazine rings is 1. The lowest BCUT2D eigenvalue weighted by atomic mass is 10.1. The molecule has 7 nitrogen and oxygen atoms in total. The summed E-state index contributed by atoms with van der Waals surface area (Å²) in [4.78, 5) is 37.4. The lowest BCUT2D eigenvalue weighted by Gasteiger charge is -2.40. The van der Waals surface area contributed by atoms with Crippen molar-refractivity contribution >= 4 is 41.0 Å². The highest BCUT2D eigenvalue weighted by Gasteiger charge is 2.28. The topological polar surface area (TPSA) is 78.4 Å². The van der Waals surface area contributed by atoms with E-state index in [1.54, 1.807) is 6.07 Å². The second-order valence-corrected chi connectivity index (χ2v) is 8.84. The average Bonchev–Trinajstić information content (AvgIpc) is 2.76. The van der Waals surface area contributed by atoms with E-state index in [9.17, 15) is 9.59 Å². The second-order valence-electron chi connectivity index (χ2n) is 7.51. The van der Waals surface area contributed by atoms with Crippen molar-refractivity contribution in [3.63, 3.8) is 0 Å². The van der Waals surface area contributed by atoms with Crippen LogP contribution in [0.5, 0.6) is 0 Å². The predicted molar refractivity (Wildman–Crippen MR) is 124 cm³/mol. The summed E-state index contributed by atoms with van der Waals surface area (Å²) in [6.45, 7) is 6.59. The van der Waals surface area contributed by atoms with Crippen molar-refractivity contribution in [3.05, 3.63) is 47.1 Å². The minimum Gasteiger partial charge on any atom is -0.353 e. The summed E-state index contributed by atoms with van der Waals surface area (Å²) in [6.07, 6.45) is 1.43. The van der Waals surface area contributed by atoms with Crippen LogP contribution in [0.4, 0.5) is 5.82 Å². The van der Waals surface area contributed by atoms with Crippen LogP contribution in [0.1, 0.15) is 32.3 Å². The minimum absolute atomic E-state index is 0.0874. The highest BCUT2D eigenvalue weighted by atomic mass is 35.5. The molecule has 9 heteroatoms. The number of nitrogens with zero attached hydrogens (tertiary/aromatic N) is 4. The molecule has 1 aromatic carbocycles. The van der Waals surface area contributed by atoms with Crippen LogP contribution in [0.2, 0.25) is 5.15 Å². The molecule has 2 aromatic rings. The van der Waals surface area contributed by atoms with Crippen LogP contribution in [-0.2, 0) is 16.1 Å². The molecule has 2 heterocycles. The summed E-state index contributed by atoms with van der Waals surface area (Å²) in [7, 11) is 0. The second kappa shape index (κ2) is 11.3. The Bertz CT molecular complexity index is 899. The highest BCUT2D eigenvalue weighted by Crippen LogP contribution is 2.24. The Morgan fingerprint density at radius 2 is 2.00 bits per heavy atom. The number of carbonyl (C=O) groups excluding carboxylic acids is 2. The zero-order valence-corrected chi connectivity index (χ0v) is 19.5. The number of nitrogens with one attached hydrogen (secondary N) is 1. The van der Waals surface area contributed by atoms with Crippen molar-refractivity contribution in [2.75, 3.05) is 30.3 Å². The van der Waals surface area contributed by atoms with Gasteiger partial charge < -0.3 is 15.1 Å². The molecule has 1 atom stereocenters. The maximum atomic E-state index is 12.3. The van der Waals surface area contributed by atoms with Crippen molar-refractivity contribution in [2.45, 2.75) is 44.4 Å². The average molecular weight is 462 g/mol. The van der Waals surface area contributed by atoms with Crippen molar-refractivity contribution in [2.24, 2.45) is 0 Å². The van der Waals surface area contributed by atoms with Crippen molar-refractivity contribution in [1.29, 1.82) is 0 Å². The quantitative estimate of drug-likeness (QED) is 0.369. The fraction of sp³-hybridized carbons (Fsp3) is 0.455. The first-order chi connectivity index (χ1) is 15.0. The summed E-state index contributed by atoms with van der Waals surface area (Å²) in [6, 6.07) is 11.6. The van der Waals surface area contributed by atoms with Gasteiger partial charge in [0, 0.05) is 44.7 Å². The normalized spacial score (nSPS) is 16.3. The maximum absolute atomic E-state index is 12.3. The Balaban J connectivity index is 1.55. The van der Waals surface area contributed by atoms with Gasteiger partial charge in [0.2, 0.25) is 11.8 Å².